The van der Waals surface area contributed by atoms with Crippen LogP contribution in [0.15, 0.2) is 49.1 Å². The van der Waals surface area contributed by atoms with Crippen molar-refractivity contribution in [2.45, 2.75) is 19.5 Å². The Bertz CT molecular complexity index is 934. The zero-order valence-corrected chi connectivity index (χ0v) is 14.4. The lowest BCUT2D eigenvalue weighted by atomic mass is 10.2. The molecule has 9 heteroatoms. The van der Waals surface area contributed by atoms with Crippen LogP contribution in [0.25, 0.3) is 0 Å². The molecule has 3 aromatic rings. The maximum absolute atomic E-state index is 12.2. The topological polar surface area (TPSA) is 102 Å². The Kier molecular flexibility index (Phi) is 5.33. The Morgan fingerprint density at radius 3 is 2.73 bits per heavy atom. The molecule has 8 nitrogen and oxygen atoms in total. The molecule has 0 radical (unpaired) electrons. The number of aryl methyl sites for hydroxylation is 1. The van der Waals surface area contributed by atoms with E-state index in [1.54, 1.807) is 23.1 Å². The summed E-state index contributed by atoms with van der Waals surface area (Å²) in [7, 11) is 0. The SMILES string of the molecule is O=C(O)CCn1cc(C(=O)Nc2cnn(Cc3cccc(Cl)c3)c2)cn1. The minimum atomic E-state index is -0.918. The summed E-state index contributed by atoms with van der Waals surface area (Å²) < 4.78 is 3.11. The Hall–Kier alpha value is -3.13. The number of rotatable bonds is 7. The number of anilines is 1. The van der Waals surface area contributed by atoms with Crippen LogP contribution in [-0.4, -0.2) is 36.5 Å². The van der Waals surface area contributed by atoms with E-state index >= 15 is 0 Å². The monoisotopic (exact) mass is 373 g/mol. The molecule has 2 heterocycles. The zero-order chi connectivity index (χ0) is 18.5. The molecule has 0 bridgehead atoms. The molecule has 1 aromatic carbocycles. The molecular formula is C17H16ClN5O3. The number of carboxylic acid groups (broad SMARTS) is 1. The Morgan fingerprint density at radius 1 is 1.15 bits per heavy atom. The number of aliphatic carboxylic acids is 1. The van der Waals surface area contributed by atoms with Crippen LogP contribution < -0.4 is 5.32 Å². The summed E-state index contributed by atoms with van der Waals surface area (Å²) in [5, 5.41) is 20.3. The third-order valence-corrected chi connectivity index (χ3v) is 3.81. The van der Waals surface area contributed by atoms with Crippen molar-refractivity contribution in [3.8, 4) is 0 Å². The van der Waals surface area contributed by atoms with Gasteiger partial charge in [-0.25, -0.2) is 0 Å². The summed E-state index contributed by atoms with van der Waals surface area (Å²) in [6.07, 6.45) is 6.12. The van der Waals surface area contributed by atoms with Gasteiger partial charge in [-0.1, -0.05) is 23.7 Å². The molecule has 0 aliphatic rings. The van der Waals surface area contributed by atoms with Gasteiger partial charge in [0.15, 0.2) is 0 Å². The van der Waals surface area contributed by atoms with Crippen molar-refractivity contribution in [1.82, 2.24) is 19.6 Å². The van der Waals surface area contributed by atoms with Gasteiger partial charge in [0.05, 0.1) is 43.2 Å². The van der Waals surface area contributed by atoms with E-state index in [9.17, 15) is 9.59 Å². The minimum Gasteiger partial charge on any atom is -0.481 e. The minimum absolute atomic E-state index is 0.0565. The second kappa shape index (κ2) is 7.83. The van der Waals surface area contributed by atoms with E-state index in [2.05, 4.69) is 15.5 Å². The van der Waals surface area contributed by atoms with Crippen LogP contribution in [0.2, 0.25) is 5.02 Å². The molecule has 0 aliphatic heterocycles. The first kappa shape index (κ1) is 17.7. The highest BCUT2D eigenvalue weighted by atomic mass is 35.5. The van der Waals surface area contributed by atoms with E-state index in [1.165, 1.54) is 17.1 Å². The average Bonchev–Trinajstić information content (AvgIpc) is 3.22. The van der Waals surface area contributed by atoms with Crippen LogP contribution in [0.5, 0.6) is 0 Å². The third kappa shape index (κ3) is 4.70. The van der Waals surface area contributed by atoms with E-state index in [-0.39, 0.29) is 18.9 Å². The first-order chi connectivity index (χ1) is 12.5. The predicted octanol–water partition coefficient (Wildman–Crippen LogP) is 2.51. The maximum atomic E-state index is 12.2. The molecule has 134 valence electrons. The second-order valence-corrected chi connectivity index (χ2v) is 6.08. The van der Waals surface area contributed by atoms with Crippen LogP contribution >= 0.6 is 11.6 Å². The van der Waals surface area contributed by atoms with Crippen LogP contribution in [0.4, 0.5) is 5.69 Å². The van der Waals surface area contributed by atoms with E-state index in [4.69, 9.17) is 16.7 Å². The number of carbonyl (C=O) groups excluding carboxylic acids is 1. The van der Waals surface area contributed by atoms with Gasteiger partial charge in [-0.3, -0.25) is 19.0 Å². The Labute approximate surface area is 154 Å². The van der Waals surface area contributed by atoms with Crippen LogP contribution in [0.3, 0.4) is 0 Å². The summed E-state index contributed by atoms with van der Waals surface area (Å²) in [5.41, 5.74) is 1.89. The Balaban J connectivity index is 1.60. The highest BCUT2D eigenvalue weighted by molar-refractivity contribution is 6.30. The summed E-state index contributed by atoms with van der Waals surface area (Å²) in [5.74, 6) is -1.26. The lowest BCUT2D eigenvalue weighted by Gasteiger charge is -2.02. The largest absolute Gasteiger partial charge is 0.481 e. The fourth-order valence-corrected chi connectivity index (χ4v) is 2.57. The van der Waals surface area contributed by atoms with Crippen molar-refractivity contribution in [3.05, 3.63) is 65.2 Å². The van der Waals surface area contributed by atoms with Crippen LogP contribution in [-0.2, 0) is 17.9 Å². The maximum Gasteiger partial charge on any atom is 0.305 e. The molecule has 0 unspecified atom stereocenters. The number of amides is 1. The normalized spacial score (nSPS) is 10.7. The molecule has 0 saturated carbocycles. The lowest BCUT2D eigenvalue weighted by molar-refractivity contribution is -0.137. The number of halogens is 1. The number of benzene rings is 1. The van der Waals surface area contributed by atoms with Gasteiger partial charge >= 0.3 is 5.97 Å². The summed E-state index contributed by atoms with van der Waals surface area (Å²) in [6, 6.07) is 7.46. The number of hydrogen-bond donors (Lipinski definition) is 2. The second-order valence-electron chi connectivity index (χ2n) is 5.65. The first-order valence-electron chi connectivity index (χ1n) is 7.82. The van der Waals surface area contributed by atoms with Crippen molar-refractivity contribution >= 4 is 29.2 Å². The molecule has 0 aliphatic carbocycles. The van der Waals surface area contributed by atoms with Crippen LogP contribution in [0.1, 0.15) is 22.3 Å². The fraction of sp³-hybridized carbons (Fsp3) is 0.176. The number of carboxylic acids is 1. The quantitative estimate of drug-likeness (QED) is 0.662. The predicted molar refractivity (Wildman–Crippen MR) is 95.2 cm³/mol. The van der Waals surface area contributed by atoms with E-state index in [0.717, 1.165) is 5.56 Å². The van der Waals surface area contributed by atoms with Gasteiger partial charge in [-0.2, -0.15) is 10.2 Å². The number of hydrogen-bond acceptors (Lipinski definition) is 4. The molecule has 26 heavy (non-hydrogen) atoms. The summed E-state index contributed by atoms with van der Waals surface area (Å²) in [4.78, 5) is 22.8. The number of nitrogens with zero attached hydrogens (tertiary/aromatic N) is 4. The lowest BCUT2D eigenvalue weighted by Crippen LogP contribution is -2.11. The molecule has 2 aromatic heterocycles. The third-order valence-electron chi connectivity index (χ3n) is 3.57. The van der Waals surface area contributed by atoms with Gasteiger partial charge in [0.1, 0.15) is 0 Å². The average molecular weight is 374 g/mol. The van der Waals surface area contributed by atoms with Crippen LogP contribution in [0, 0.1) is 0 Å². The standard InChI is InChI=1S/C17H16ClN5O3/c18-14-3-1-2-12(6-14)9-23-11-15(8-20-23)21-17(26)13-7-19-22(10-13)5-4-16(24)25/h1-3,6-8,10-11H,4-5,9H2,(H,21,26)(H,24,25). The van der Waals surface area contributed by atoms with Gasteiger partial charge in [-0.05, 0) is 17.7 Å². The summed E-state index contributed by atoms with van der Waals surface area (Å²) >= 11 is 5.97. The van der Waals surface area contributed by atoms with Crippen molar-refractivity contribution in [3.63, 3.8) is 0 Å². The zero-order valence-electron chi connectivity index (χ0n) is 13.7. The van der Waals surface area contributed by atoms with Gasteiger partial charge in [0.2, 0.25) is 0 Å². The van der Waals surface area contributed by atoms with Gasteiger partial charge in [0, 0.05) is 17.4 Å². The highest BCUT2D eigenvalue weighted by Crippen LogP contribution is 2.13. The molecular weight excluding hydrogens is 358 g/mol. The first-order valence-corrected chi connectivity index (χ1v) is 8.20. The Morgan fingerprint density at radius 2 is 1.96 bits per heavy atom. The smallest absolute Gasteiger partial charge is 0.305 e. The fourth-order valence-electron chi connectivity index (χ4n) is 2.35. The number of nitrogens with one attached hydrogen (secondary N) is 1. The number of aromatic nitrogens is 4. The van der Waals surface area contributed by atoms with Crippen molar-refractivity contribution in [2.75, 3.05) is 5.32 Å². The van der Waals surface area contributed by atoms with Crippen molar-refractivity contribution in [1.29, 1.82) is 0 Å². The molecule has 0 atom stereocenters. The summed E-state index contributed by atoms with van der Waals surface area (Å²) in [6.45, 7) is 0.740. The van der Waals surface area contributed by atoms with E-state index in [0.29, 0.717) is 22.8 Å². The molecule has 0 spiro atoms. The van der Waals surface area contributed by atoms with Gasteiger partial charge in [-0.15, -0.1) is 0 Å². The van der Waals surface area contributed by atoms with Crippen molar-refractivity contribution in [2.24, 2.45) is 0 Å². The molecule has 0 saturated heterocycles. The molecule has 2 N–H and O–H groups in total. The highest BCUT2D eigenvalue weighted by Gasteiger charge is 2.11. The molecule has 1 amide bonds. The van der Waals surface area contributed by atoms with Crippen molar-refractivity contribution < 1.29 is 14.7 Å². The van der Waals surface area contributed by atoms with Gasteiger partial charge < -0.3 is 10.4 Å². The van der Waals surface area contributed by atoms with Gasteiger partial charge in [0.25, 0.3) is 5.91 Å². The molecule has 3 rings (SSSR count). The van der Waals surface area contributed by atoms with E-state index < -0.39 is 5.97 Å². The molecule has 0 fully saturated rings. The van der Waals surface area contributed by atoms with E-state index in [1.807, 2.05) is 18.2 Å². The number of carbonyl (C=O) groups is 2.